The first-order chi connectivity index (χ1) is 21.4. The molecule has 3 amide bonds. The van der Waals surface area contributed by atoms with Gasteiger partial charge in [-0.2, -0.15) is 0 Å². The molecule has 2 aromatic carbocycles. The number of halogens is 1. The molecule has 0 aliphatic carbocycles. The number of esters is 1. The van der Waals surface area contributed by atoms with Gasteiger partial charge in [-0.1, -0.05) is 23.7 Å². The molecule has 2 fully saturated rings. The van der Waals surface area contributed by atoms with Crippen LogP contribution in [0.15, 0.2) is 64.6 Å². The third-order valence-corrected chi connectivity index (χ3v) is 8.17. The summed E-state index contributed by atoms with van der Waals surface area (Å²) in [5.74, 6) is -1.79. The number of carbonyl (C=O) groups is 4. The average molecular weight is 649 g/mol. The van der Waals surface area contributed by atoms with Crippen molar-refractivity contribution in [2.45, 2.75) is 65.3 Å². The lowest BCUT2D eigenvalue weighted by Crippen LogP contribution is -2.47. The van der Waals surface area contributed by atoms with E-state index in [1.807, 2.05) is 27.7 Å². The molecule has 2 saturated heterocycles. The molecule has 0 spiro atoms. The molecule has 0 unspecified atom stereocenters. The quantitative estimate of drug-likeness (QED) is 0.146. The van der Waals surface area contributed by atoms with Gasteiger partial charge in [-0.25, -0.2) is 14.6 Å². The molecule has 0 N–H and O–H groups in total. The average Bonchev–Trinajstić information content (AvgIpc) is 3.60. The van der Waals surface area contributed by atoms with E-state index in [1.54, 1.807) is 63.2 Å². The Morgan fingerprint density at radius 3 is 2.13 bits per heavy atom. The molecule has 5 rings (SSSR count). The van der Waals surface area contributed by atoms with Gasteiger partial charge in [0.15, 0.2) is 0 Å². The van der Waals surface area contributed by atoms with Crippen molar-refractivity contribution in [3.8, 4) is 11.3 Å². The molecule has 2 aliphatic rings. The summed E-state index contributed by atoms with van der Waals surface area (Å²) in [7, 11) is 0.598. The lowest BCUT2D eigenvalue weighted by atomic mass is 9.79. The number of amides is 3. The lowest BCUT2D eigenvalue weighted by Gasteiger charge is -2.32. The van der Waals surface area contributed by atoms with Gasteiger partial charge in [-0.05, 0) is 102 Å². The van der Waals surface area contributed by atoms with Crippen LogP contribution in [-0.4, -0.2) is 59.9 Å². The topological polar surface area (TPSA) is 125 Å². The van der Waals surface area contributed by atoms with Gasteiger partial charge in [0.2, 0.25) is 0 Å². The highest BCUT2D eigenvalue weighted by Crippen LogP contribution is 2.37. The zero-order valence-electron chi connectivity index (χ0n) is 26.8. The Morgan fingerprint density at radius 2 is 1.54 bits per heavy atom. The highest BCUT2D eigenvalue weighted by atomic mass is 35.5. The highest BCUT2D eigenvalue weighted by molar-refractivity contribution is 6.62. The molecule has 0 bridgehead atoms. The minimum absolute atomic E-state index is 0.146. The Kier molecular flexibility index (Phi) is 8.44. The molecule has 0 saturated carbocycles. The van der Waals surface area contributed by atoms with Crippen LogP contribution in [-0.2, 0) is 28.4 Å². The molecule has 2 aliphatic heterocycles. The number of imide groups is 1. The van der Waals surface area contributed by atoms with Crippen LogP contribution in [0.5, 0.6) is 0 Å². The maximum atomic E-state index is 13.8. The lowest BCUT2D eigenvalue weighted by molar-refractivity contribution is -0.124. The highest BCUT2D eigenvalue weighted by Gasteiger charge is 2.52. The minimum Gasteiger partial charge on any atom is -0.465 e. The van der Waals surface area contributed by atoms with Crippen molar-refractivity contribution < 1.29 is 42.4 Å². The van der Waals surface area contributed by atoms with E-state index in [0.29, 0.717) is 21.8 Å². The molecular formula is C33H34BClN2O9. The summed E-state index contributed by atoms with van der Waals surface area (Å²) in [6, 6.07) is 14.4. The molecule has 13 heteroatoms. The number of hydrazine groups is 1. The summed E-state index contributed by atoms with van der Waals surface area (Å²) < 4.78 is 28.4. The number of carbonyl (C=O) groups excluding carboxylic acids is 4. The smallest absolute Gasteiger partial charge is 0.465 e. The van der Waals surface area contributed by atoms with Crippen molar-refractivity contribution in [3.05, 3.63) is 76.5 Å². The van der Waals surface area contributed by atoms with Gasteiger partial charge in [-0.15, -0.1) is 5.01 Å². The van der Waals surface area contributed by atoms with Crippen molar-refractivity contribution in [2.24, 2.45) is 0 Å². The number of furan rings is 1. The molecule has 3 aromatic rings. The fraction of sp³-hybridized carbons (Fsp3) is 0.333. The molecule has 0 atom stereocenters. The number of hydrogen-bond donors (Lipinski definition) is 0. The largest absolute Gasteiger partial charge is 0.494 e. The summed E-state index contributed by atoms with van der Waals surface area (Å²) in [6.45, 7) is 12.7. The Hall–Kier alpha value is -4.39. The first-order valence-electron chi connectivity index (χ1n) is 14.5. The maximum Gasteiger partial charge on any atom is 0.494 e. The molecular weight excluding hydrogens is 615 g/mol. The van der Waals surface area contributed by atoms with E-state index in [2.05, 4.69) is 0 Å². The van der Waals surface area contributed by atoms with Crippen molar-refractivity contribution in [1.82, 2.24) is 5.01 Å². The number of benzene rings is 2. The fourth-order valence-electron chi connectivity index (χ4n) is 4.75. The summed E-state index contributed by atoms with van der Waals surface area (Å²) in [4.78, 5) is 52.9. The van der Waals surface area contributed by atoms with Crippen LogP contribution in [0.2, 0.25) is 5.02 Å². The molecule has 240 valence electrons. The third kappa shape index (κ3) is 6.20. The first-order valence-corrected chi connectivity index (χ1v) is 14.9. The minimum atomic E-state index is -1.03. The van der Waals surface area contributed by atoms with Gasteiger partial charge in [0, 0.05) is 5.56 Å². The van der Waals surface area contributed by atoms with Crippen LogP contribution in [0.3, 0.4) is 0 Å². The maximum absolute atomic E-state index is 13.8. The zero-order valence-corrected chi connectivity index (χ0v) is 27.6. The van der Waals surface area contributed by atoms with Crippen molar-refractivity contribution in [3.63, 3.8) is 0 Å². The Morgan fingerprint density at radius 1 is 0.913 bits per heavy atom. The van der Waals surface area contributed by atoms with Crippen LogP contribution >= 0.6 is 11.6 Å². The second kappa shape index (κ2) is 11.8. The van der Waals surface area contributed by atoms with E-state index in [4.69, 9.17) is 34.8 Å². The summed E-state index contributed by atoms with van der Waals surface area (Å²) >= 11 is 6.14. The van der Waals surface area contributed by atoms with Gasteiger partial charge < -0.3 is 23.2 Å². The number of hydrogen-bond acceptors (Lipinski definition) is 9. The predicted octanol–water partition coefficient (Wildman–Crippen LogP) is 5.79. The van der Waals surface area contributed by atoms with Gasteiger partial charge in [-0.3, -0.25) is 9.59 Å². The van der Waals surface area contributed by atoms with Crippen LogP contribution < -0.4 is 10.5 Å². The zero-order chi connectivity index (χ0) is 33.8. The molecule has 3 heterocycles. The monoisotopic (exact) mass is 648 g/mol. The van der Waals surface area contributed by atoms with Crippen LogP contribution in [0.1, 0.15) is 64.6 Å². The van der Waals surface area contributed by atoms with Gasteiger partial charge in [0.05, 0.1) is 34.6 Å². The Bertz CT molecular complexity index is 1740. The van der Waals surface area contributed by atoms with Crippen molar-refractivity contribution in [2.75, 3.05) is 12.1 Å². The van der Waals surface area contributed by atoms with Crippen molar-refractivity contribution in [1.29, 1.82) is 0 Å². The molecule has 1 aromatic heterocycles. The molecule has 46 heavy (non-hydrogen) atoms. The van der Waals surface area contributed by atoms with Gasteiger partial charge in [0.1, 0.15) is 22.7 Å². The summed E-state index contributed by atoms with van der Waals surface area (Å²) in [5.41, 5.74) is -0.784. The Labute approximate surface area is 272 Å². The van der Waals surface area contributed by atoms with Crippen LogP contribution in [0.4, 0.5) is 10.5 Å². The predicted molar refractivity (Wildman–Crippen MR) is 171 cm³/mol. The van der Waals surface area contributed by atoms with Crippen molar-refractivity contribution >= 4 is 59.8 Å². The molecule has 11 nitrogen and oxygen atoms in total. The fourth-order valence-corrected chi connectivity index (χ4v) is 4.95. The third-order valence-electron chi connectivity index (χ3n) is 7.84. The van der Waals surface area contributed by atoms with E-state index in [9.17, 15) is 19.2 Å². The summed E-state index contributed by atoms with van der Waals surface area (Å²) in [6.07, 6.45) is 0.224. The first kappa shape index (κ1) is 33.0. The van der Waals surface area contributed by atoms with E-state index in [1.165, 1.54) is 25.3 Å². The normalized spacial score (nSPS) is 18.5. The van der Waals surface area contributed by atoms with Crippen LogP contribution in [0.25, 0.3) is 17.4 Å². The van der Waals surface area contributed by atoms with E-state index in [0.717, 1.165) is 5.01 Å². The van der Waals surface area contributed by atoms with Crippen LogP contribution in [0, 0.1) is 0 Å². The van der Waals surface area contributed by atoms with Gasteiger partial charge in [0.25, 0.3) is 11.8 Å². The van der Waals surface area contributed by atoms with E-state index in [-0.39, 0.29) is 27.6 Å². The standard InChI is InChI=1S/C33H34BClN2O9/c1-31(2,3)44-30(41)37-28(39)24(18-22-14-16-26(43-22)19-9-15-25(35)23(17-19)29(40)42-8)27(38)36(37)21-12-10-20(11-13-21)34-45-32(4,5)33(6,7)46-34/h9-18H,1-8H3/b24-18-. The number of anilines is 1. The second-order valence-electron chi connectivity index (χ2n) is 12.8. The number of nitrogens with zero attached hydrogens (tertiary/aromatic N) is 2. The number of rotatable bonds is 5. The van der Waals surface area contributed by atoms with E-state index < -0.39 is 47.8 Å². The summed E-state index contributed by atoms with van der Waals surface area (Å²) in [5, 5.41) is 1.83. The second-order valence-corrected chi connectivity index (χ2v) is 13.2. The van der Waals surface area contributed by atoms with E-state index >= 15 is 0 Å². The molecule has 0 radical (unpaired) electrons. The van der Waals surface area contributed by atoms with Gasteiger partial charge >= 0.3 is 19.2 Å². The Balaban J connectivity index is 1.48. The SMILES string of the molecule is COC(=O)c1cc(-c2ccc(/C=C3\C(=O)N(C(=O)OC(C)(C)C)N(c4ccc(B5OC(C)(C)C(C)(C)O5)cc4)C3=O)o2)ccc1Cl. The number of methoxy groups -OCH3 is 1. The number of ether oxygens (including phenoxy) is 2.